The number of rotatable bonds is 27. The molecule has 0 aliphatic carbocycles. The maximum absolute atomic E-state index is 7.23. The van der Waals surface area contributed by atoms with Gasteiger partial charge in [0, 0.05) is 0 Å². The van der Waals surface area contributed by atoms with Crippen LogP contribution in [-0.2, 0) is 51.4 Å². The number of benzene rings is 6. The first-order chi connectivity index (χ1) is 34.0. The fraction of sp³-hybridized carbons (Fsp3) is 0.438. The van der Waals surface area contributed by atoms with Gasteiger partial charge in [-0.1, -0.05) is 155 Å². The topological polar surface area (TPSA) is 36.9 Å². The highest BCUT2D eigenvalue weighted by Gasteiger charge is 2.26. The molecule has 0 bridgehead atoms. The van der Waals surface area contributed by atoms with Gasteiger partial charge in [-0.2, -0.15) is 0 Å². The van der Waals surface area contributed by atoms with Crippen molar-refractivity contribution in [3.63, 3.8) is 0 Å². The van der Waals surface area contributed by atoms with Crippen LogP contribution in [0.3, 0.4) is 0 Å². The van der Waals surface area contributed by atoms with Crippen LogP contribution in [0.25, 0.3) is 11.1 Å². The van der Waals surface area contributed by atoms with Gasteiger partial charge in [-0.25, -0.2) is 0 Å². The molecule has 6 aromatic carbocycles. The van der Waals surface area contributed by atoms with Crippen LogP contribution in [0, 0.1) is 27.7 Å². The summed E-state index contributed by atoms with van der Waals surface area (Å²) in [6, 6.07) is 36.2. The standard InChI is InChI=1S/C64H84O4P2/c1-13-21-51-37-45(9)41-61(57(51)25-17-5)65-69(66-62-42-46(10)38-52(22-14-2)58(62)26-18-6)55-33-29-49(30-34-55)50-31-35-56(36-32-50)70(67-63-43-47(11)39-53(23-15-3)59(63)27-19-7)68-64-44-48(12)40-54(24-16-4)60(64)28-20-8/h29-44H,13-28H2,1-12H3. The van der Waals surface area contributed by atoms with Gasteiger partial charge in [-0.05, 0) is 205 Å². The first-order valence-electron chi connectivity index (χ1n) is 27.0. The van der Waals surface area contributed by atoms with Crippen LogP contribution in [0.2, 0.25) is 0 Å². The van der Waals surface area contributed by atoms with Crippen LogP contribution < -0.4 is 28.7 Å². The number of hydrogen-bond donors (Lipinski definition) is 0. The number of aryl methyl sites for hydroxylation is 8. The Labute approximate surface area is 427 Å². The second kappa shape index (κ2) is 27.3. The molecule has 70 heavy (non-hydrogen) atoms. The Morgan fingerprint density at radius 3 is 0.700 bits per heavy atom. The molecule has 6 rings (SSSR count). The smallest absolute Gasteiger partial charge is 0.326 e. The fourth-order valence-corrected chi connectivity index (χ4v) is 12.7. The molecule has 374 valence electrons. The molecule has 0 saturated heterocycles. The van der Waals surface area contributed by atoms with Crippen molar-refractivity contribution in [1.82, 2.24) is 0 Å². The van der Waals surface area contributed by atoms with Gasteiger partial charge in [0.05, 0.1) is 10.6 Å². The predicted octanol–water partition coefficient (Wildman–Crippen LogP) is 18.4. The predicted molar refractivity (Wildman–Crippen MR) is 304 cm³/mol. The average molecular weight is 979 g/mol. The van der Waals surface area contributed by atoms with E-state index in [4.69, 9.17) is 18.1 Å². The maximum atomic E-state index is 7.23. The third-order valence-corrected chi connectivity index (χ3v) is 16.0. The monoisotopic (exact) mass is 979 g/mol. The van der Waals surface area contributed by atoms with E-state index in [9.17, 15) is 0 Å². The normalized spacial score (nSPS) is 11.5. The van der Waals surface area contributed by atoms with Gasteiger partial charge in [0.15, 0.2) is 0 Å². The summed E-state index contributed by atoms with van der Waals surface area (Å²) in [6.07, 6.45) is 16.7. The molecular formula is C64H84O4P2. The summed E-state index contributed by atoms with van der Waals surface area (Å²) in [5, 5.41) is 2.10. The summed E-state index contributed by atoms with van der Waals surface area (Å²) >= 11 is 0. The highest BCUT2D eigenvalue weighted by Crippen LogP contribution is 2.47. The van der Waals surface area contributed by atoms with Crippen LogP contribution >= 0.6 is 16.8 Å². The molecule has 0 saturated carbocycles. The second-order valence-electron chi connectivity index (χ2n) is 19.6. The summed E-state index contributed by atoms with van der Waals surface area (Å²) in [6.45, 7) is 26.9. The van der Waals surface area contributed by atoms with Crippen molar-refractivity contribution in [3.05, 3.63) is 164 Å². The molecule has 0 spiro atoms. The summed E-state index contributed by atoms with van der Waals surface area (Å²) in [7, 11) is -3.06. The summed E-state index contributed by atoms with van der Waals surface area (Å²) < 4.78 is 28.9. The molecule has 4 nitrogen and oxygen atoms in total. The molecule has 0 radical (unpaired) electrons. The molecule has 0 aromatic heterocycles. The zero-order chi connectivity index (χ0) is 50.2. The van der Waals surface area contributed by atoms with Gasteiger partial charge in [-0.3, -0.25) is 0 Å². The van der Waals surface area contributed by atoms with Crippen LogP contribution in [0.4, 0.5) is 0 Å². The van der Waals surface area contributed by atoms with Crippen molar-refractivity contribution in [2.75, 3.05) is 0 Å². The molecule has 0 aliphatic heterocycles. The van der Waals surface area contributed by atoms with Gasteiger partial charge in [0.1, 0.15) is 23.0 Å². The zero-order valence-corrected chi connectivity index (χ0v) is 46.9. The highest BCUT2D eigenvalue weighted by molar-refractivity contribution is 7.57. The lowest BCUT2D eigenvalue weighted by Gasteiger charge is -2.25. The van der Waals surface area contributed by atoms with Crippen molar-refractivity contribution in [2.45, 2.75) is 186 Å². The third-order valence-electron chi connectivity index (χ3n) is 13.1. The lowest BCUT2D eigenvalue weighted by Crippen LogP contribution is -2.13. The third kappa shape index (κ3) is 14.3. The van der Waals surface area contributed by atoms with Crippen molar-refractivity contribution < 1.29 is 18.1 Å². The van der Waals surface area contributed by atoms with E-state index in [-0.39, 0.29) is 0 Å². The van der Waals surface area contributed by atoms with Crippen molar-refractivity contribution in [1.29, 1.82) is 0 Å². The molecule has 0 aliphatic rings. The van der Waals surface area contributed by atoms with E-state index in [1.165, 1.54) is 66.8 Å². The summed E-state index contributed by atoms with van der Waals surface area (Å²) in [5.74, 6) is 3.83. The molecule has 6 heteroatoms. The Balaban J connectivity index is 1.40. The Hall–Kier alpha value is -4.62. The Morgan fingerprint density at radius 2 is 0.500 bits per heavy atom. The first-order valence-corrected chi connectivity index (χ1v) is 29.3. The minimum Gasteiger partial charge on any atom is -0.435 e. The Bertz CT molecular complexity index is 2280. The van der Waals surface area contributed by atoms with E-state index in [2.05, 4.69) is 180 Å². The maximum Gasteiger partial charge on any atom is 0.326 e. The van der Waals surface area contributed by atoms with E-state index in [0.29, 0.717) is 0 Å². The molecule has 0 heterocycles. The average Bonchev–Trinajstić information content (AvgIpc) is 3.33. The summed E-state index contributed by atoms with van der Waals surface area (Å²) in [5.41, 5.74) is 18.0. The van der Waals surface area contributed by atoms with Gasteiger partial charge < -0.3 is 18.1 Å². The fourth-order valence-electron chi connectivity index (χ4n) is 10.0. The van der Waals surface area contributed by atoms with Gasteiger partial charge in [-0.15, -0.1) is 0 Å². The zero-order valence-electron chi connectivity index (χ0n) is 45.1. The van der Waals surface area contributed by atoms with Crippen molar-refractivity contribution in [3.8, 4) is 34.1 Å². The minimum absolute atomic E-state index is 0.957. The second-order valence-corrected chi connectivity index (χ2v) is 22.4. The van der Waals surface area contributed by atoms with Crippen LogP contribution in [0.5, 0.6) is 23.0 Å². The lowest BCUT2D eigenvalue weighted by molar-refractivity contribution is 0.491. The van der Waals surface area contributed by atoms with E-state index in [1.807, 2.05) is 0 Å². The van der Waals surface area contributed by atoms with Gasteiger partial charge >= 0.3 is 16.8 Å². The SMILES string of the molecule is CCCc1cc(C)cc(OP(Oc2cc(C)cc(CCC)c2CCC)c2ccc(-c3ccc(P(Oc4cc(C)cc(CCC)c4CCC)Oc4cc(C)cc(CCC)c4CCC)cc3)cc2)c1CCC. The van der Waals surface area contributed by atoms with E-state index in [0.717, 1.165) is 147 Å². The van der Waals surface area contributed by atoms with Crippen LogP contribution in [0.1, 0.15) is 174 Å². The van der Waals surface area contributed by atoms with E-state index >= 15 is 0 Å². The first kappa shape index (κ1) is 54.7. The quantitative estimate of drug-likeness (QED) is 0.0482. The van der Waals surface area contributed by atoms with Crippen LogP contribution in [0.15, 0.2) is 97.1 Å². The lowest BCUT2D eigenvalue weighted by atomic mass is 9.96. The molecule has 0 fully saturated rings. The van der Waals surface area contributed by atoms with E-state index in [1.54, 1.807) is 0 Å². The van der Waals surface area contributed by atoms with Gasteiger partial charge in [0.2, 0.25) is 0 Å². The highest BCUT2D eigenvalue weighted by atomic mass is 31.2. The van der Waals surface area contributed by atoms with Crippen molar-refractivity contribution in [2.24, 2.45) is 0 Å². The molecule has 0 atom stereocenters. The Kier molecular flexibility index (Phi) is 21.3. The Morgan fingerprint density at radius 1 is 0.286 bits per heavy atom. The van der Waals surface area contributed by atoms with E-state index < -0.39 is 16.8 Å². The molecule has 0 unspecified atom stereocenters. The molecule has 6 aromatic rings. The largest absolute Gasteiger partial charge is 0.435 e. The summed E-state index contributed by atoms with van der Waals surface area (Å²) in [4.78, 5) is 0. The molecule has 0 N–H and O–H groups in total. The molecule has 0 amide bonds. The van der Waals surface area contributed by atoms with Crippen molar-refractivity contribution >= 4 is 27.4 Å². The van der Waals surface area contributed by atoms with Gasteiger partial charge in [0.25, 0.3) is 0 Å². The minimum atomic E-state index is -1.53. The molecular weight excluding hydrogens is 895 g/mol. The number of hydrogen-bond acceptors (Lipinski definition) is 4. The van der Waals surface area contributed by atoms with Crippen LogP contribution in [-0.4, -0.2) is 0 Å².